The van der Waals surface area contributed by atoms with E-state index < -0.39 is 0 Å². The molecule has 74 valence electrons. The van der Waals surface area contributed by atoms with Crippen LogP contribution in [0.3, 0.4) is 0 Å². The number of hydrogen-bond acceptors (Lipinski definition) is 2. The van der Waals surface area contributed by atoms with Gasteiger partial charge in [-0.15, -0.1) is 0 Å². The van der Waals surface area contributed by atoms with Crippen LogP contribution in [-0.2, 0) is 0 Å². The largest absolute Gasteiger partial charge is 0.306 e. The predicted octanol–water partition coefficient (Wildman–Crippen LogP) is 1.71. The fourth-order valence-electron chi connectivity index (χ4n) is 1.85. The summed E-state index contributed by atoms with van der Waals surface area (Å²) in [4.78, 5) is 14.5. The molecule has 2 N–H and O–H groups in total. The molecule has 0 aliphatic heterocycles. The minimum Gasteiger partial charge on any atom is -0.306 e. The Morgan fingerprint density at radius 2 is 2.07 bits per heavy atom. The summed E-state index contributed by atoms with van der Waals surface area (Å²) in [5.74, 6) is 0. The van der Waals surface area contributed by atoms with Gasteiger partial charge in [0.1, 0.15) is 5.65 Å². The van der Waals surface area contributed by atoms with Crippen molar-refractivity contribution < 1.29 is 0 Å². The first-order chi connectivity index (χ1) is 7.25. The zero-order chi connectivity index (χ0) is 10.4. The molecule has 0 unspecified atom stereocenters. The molecule has 0 fully saturated rings. The molecular weight excluding hydrogens is 190 g/mol. The lowest BCUT2D eigenvalue weighted by Crippen LogP contribution is -2.06. The summed E-state index contributed by atoms with van der Waals surface area (Å²) in [5.41, 5.74) is 1.68. The van der Waals surface area contributed by atoms with E-state index in [9.17, 15) is 4.79 Å². The molecule has 0 saturated heterocycles. The van der Waals surface area contributed by atoms with E-state index in [1.165, 1.54) is 0 Å². The highest BCUT2D eigenvalue weighted by Gasteiger charge is 2.05. The highest BCUT2D eigenvalue weighted by atomic mass is 16.1. The van der Waals surface area contributed by atoms with Crippen molar-refractivity contribution in [1.82, 2.24) is 15.2 Å². The lowest BCUT2D eigenvalue weighted by molar-refractivity contribution is 1.09. The van der Waals surface area contributed by atoms with Crippen LogP contribution in [0.1, 0.15) is 5.56 Å². The molecule has 3 rings (SSSR count). The maximum atomic E-state index is 11.7. The number of aromatic nitrogens is 3. The van der Waals surface area contributed by atoms with Crippen molar-refractivity contribution in [1.29, 1.82) is 0 Å². The van der Waals surface area contributed by atoms with Crippen LogP contribution in [0.15, 0.2) is 29.2 Å². The summed E-state index contributed by atoms with van der Waals surface area (Å²) in [6.45, 7) is 1.97. The number of H-pyrrole nitrogens is 2. The van der Waals surface area contributed by atoms with Crippen molar-refractivity contribution in [2.24, 2.45) is 0 Å². The Morgan fingerprint density at radius 3 is 2.93 bits per heavy atom. The van der Waals surface area contributed by atoms with Crippen molar-refractivity contribution in [2.45, 2.75) is 6.92 Å². The van der Waals surface area contributed by atoms with Crippen molar-refractivity contribution in [2.75, 3.05) is 0 Å². The van der Waals surface area contributed by atoms with Gasteiger partial charge in [-0.05, 0) is 18.4 Å². The van der Waals surface area contributed by atoms with Crippen LogP contribution >= 0.6 is 0 Å². The van der Waals surface area contributed by atoms with E-state index in [2.05, 4.69) is 15.2 Å². The van der Waals surface area contributed by atoms with Crippen molar-refractivity contribution in [3.63, 3.8) is 0 Å². The second-order valence-corrected chi connectivity index (χ2v) is 3.66. The maximum absolute atomic E-state index is 11.7. The number of nitrogens with one attached hydrogen (secondary N) is 2. The van der Waals surface area contributed by atoms with Crippen LogP contribution in [0.2, 0.25) is 0 Å². The Bertz CT molecular complexity index is 708. The standard InChI is InChI=1S/C11H9N3O/c1-6-2-3-7-8(4-6)11(15)13-10-9(7)5-12-14-10/h2-5H,1H3,(H2,12,13,14,15). The number of aromatic amines is 2. The summed E-state index contributed by atoms with van der Waals surface area (Å²) < 4.78 is 0. The topological polar surface area (TPSA) is 61.5 Å². The normalized spacial score (nSPS) is 11.3. The van der Waals surface area contributed by atoms with E-state index in [1.807, 2.05) is 25.1 Å². The highest BCUT2D eigenvalue weighted by molar-refractivity contribution is 6.03. The third-order valence-electron chi connectivity index (χ3n) is 2.59. The number of fused-ring (bicyclic) bond motifs is 3. The van der Waals surface area contributed by atoms with Crippen LogP contribution in [0.5, 0.6) is 0 Å². The Balaban J connectivity index is 2.67. The fourth-order valence-corrected chi connectivity index (χ4v) is 1.85. The Morgan fingerprint density at radius 1 is 1.20 bits per heavy atom. The summed E-state index contributed by atoms with van der Waals surface area (Å²) in [6.07, 6.45) is 1.73. The van der Waals surface area contributed by atoms with E-state index in [0.717, 1.165) is 16.3 Å². The van der Waals surface area contributed by atoms with Crippen LogP contribution in [0.25, 0.3) is 21.8 Å². The first-order valence-corrected chi connectivity index (χ1v) is 4.71. The minimum absolute atomic E-state index is 0.0783. The summed E-state index contributed by atoms with van der Waals surface area (Å²) in [7, 11) is 0. The average molecular weight is 199 g/mol. The minimum atomic E-state index is -0.0783. The van der Waals surface area contributed by atoms with E-state index in [4.69, 9.17) is 0 Å². The van der Waals surface area contributed by atoms with Gasteiger partial charge in [0.05, 0.1) is 6.20 Å². The Hall–Kier alpha value is -2.10. The van der Waals surface area contributed by atoms with Gasteiger partial charge in [-0.1, -0.05) is 17.7 Å². The van der Waals surface area contributed by atoms with Gasteiger partial charge in [0.15, 0.2) is 0 Å². The first-order valence-electron chi connectivity index (χ1n) is 4.71. The zero-order valence-electron chi connectivity index (χ0n) is 8.16. The smallest absolute Gasteiger partial charge is 0.257 e. The molecule has 15 heavy (non-hydrogen) atoms. The molecular formula is C11H9N3O. The monoisotopic (exact) mass is 199 g/mol. The van der Waals surface area contributed by atoms with E-state index >= 15 is 0 Å². The van der Waals surface area contributed by atoms with Gasteiger partial charge in [0, 0.05) is 10.8 Å². The number of aryl methyl sites for hydroxylation is 1. The number of nitrogens with zero attached hydrogens (tertiary/aromatic N) is 1. The van der Waals surface area contributed by atoms with E-state index in [1.54, 1.807) is 6.20 Å². The van der Waals surface area contributed by atoms with Crippen molar-refractivity contribution in [3.05, 3.63) is 40.3 Å². The highest BCUT2D eigenvalue weighted by Crippen LogP contribution is 2.19. The SMILES string of the molecule is Cc1ccc2c(c1)c(=O)[nH]c1[nH]ncc12. The predicted molar refractivity (Wildman–Crippen MR) is 59.0 cm³/mol. The second kappa shape index (κ2) is 2.70. The molecule has 2 heterocycles. The third-order valence-corrected chi connectivity index (χ3v) is 2.59. The van der Waals surface area contributed by atoms with Gasteiger partial charge >= 0.3 is 0 Å². The molecule has 4 nitrogen and oxygen atoms in total. The average Bonchev–Trinajstić information content (AvgIpc) is 2.66. The molecule has 1 aromatic carbocycles. The van der Waals surface area contributed by atoms with Gasteiger partial charge in [-0.25, -0.2) is 0 Å². The quantitative estimate of drug-likeness (QED) is 0.579. The van der Waals surface area contributed by atoms with Gasteiger partial charge in [0.2, 0.25) is 0 Å². The number of benzene rings is 1. The van der Waals surface area contributed by atoms with E-state index in [0.29, 0.717) is 11.0 Å². The summed E-state index contributed by atoms with van der Waals surface area (Å²) in [6, 6.07) is 5.84. The van der Waals surface area contributed by atoms with Crippen LogP contribution in [-0.4, -0.2) is 15.2 Å². The van der Waals surface area contributed by atoms with Crippen LogP contribution in [0, 0.1) is 6.92 Å². The van der Waals surface area contributed by atoms with Gasteiger partial charge in [-0.2, -0.15) is 5.10 Å². The van der Waals surface area contributed by atoms with Crippen molar-refractivity contribution in [3.8, 4) is 0 Å². The molecule has 2 aromatic heterocycles. The number of pyridine rings is 1. The second-order valence-electron chi connectivity index (χ2n) is 3.66. The zero-order valence-corrected chi connectivity index (χ0v) is 8.16. The summed E-state index contributed by atoms with van der Waals surface area (Å²) >= 11 is 0. The molecule has 0 atom stereocenters. The lowest BCUT2D eigenvalue weighted by atomic mass is 10.1. The Kier molecular flexibility index (Phi) is 1.48. The van der Waals surface area contributed by atoms with Crippen molar-refractivity contribution >= 4 is 21.8 Å². The fraction of sp³-hybridized carbons (Fsp3) is 0.0909. The molecule has 0 radical (unpaired) electrons. The molecule has 0 spiro atoms. The van der Waals surface area contributed by atoms with Crippen LogP contribution in [0.4, 0.5) is 0 Å². The van der Waals surface area contributed by atoms with Gasteiger partial charge < -0.3 is 4.98 Å². The molecule has 0 saturated carbocycles. The van der Waals surface area contributed by atoms with Gasteiger partial charge in [0.25, 0.3) is 5.56 Å². The molecule has 0 bridgehead atoms. The molecule has 0 amide bonds. The van der Waals surface area contributed by atoms with Crippen LogP contribution < -0.4 is 5.56 Å². The lowest BCUT2D eigenvalue weighted by Gasteiger charge is -1.99. The first kappa shape index (κ1) is 8.23. The van der Waals surface area contributed by atoms with E-state index in [-0.39, 0.29) is 5.56 Å². The molecule has 3 aromatic rings. The number of hydrogen-bond donors (Lipinski definition) is 2. The molecule has 0 aliphatic carbocycles. The Labute approximate surface area is 84.9 Å². The third kappa shape index (κ3) is 1.08. The molecule has 4 heteroatoms. The maximum Gasteiger partial charge on any atom is 0.257 e. The number of rotatable bonds is 0. The summed E-state index contributed by atoms with van der Waals surface area (Å²) in [5, 5.41) is 9.28. The molecule has 0 aliphatic rings. The van der Waals surface area contributed by atoms with Gasteiger partial charge in [-0.3, -0.25) is 9.89 Å².